The van der Waals surface area contributed by atoms with Gasteiger partial charge < -0.3 is 10.2 Å². The number of carbonyl (C=O) groups is 1. The van der Waals surface area contributed by atoms with Crippen LogP contribution in [0.15, 0.2) is 12.4 Å². The van der Waals surface area contributed by atoms with Crippen molar-refractivity contribution in [1.82, 2.24) is 24.9 Å². The number of anilines is 1. The number of hydrogen-bond donors (Lipinski definition) is 1. The van der Waals surface area contributed by atoms with E-state index < -0.39 is 0 Å². The third kappa shape index (κ3) is 1.73. The molecule has 1 saturated carbocycles. The van der Waals surface area contributed by atoms with Crippen LogP contribution in [0.1, 0.15) is 24.6 Å². The van der Waals surface area contributed by atoms with Crippen molar-refractivity contribution in [1.29, 1.82) is 0 Å². The van der Waals surface area contributed by atoms with Gasteiger partial charge in [-0.25, -0.2) is 4.98 Å². The van der Waals surface area contributed by atoms with Gasteiger partial charge in [0, 0.05) is 31.4 Å². The van der Waals surface area contributed by atoms with Crippen molar-refractivity contribution in [3.8, 4) is 0 Å². The summed E-state index contributed by atoms with van der Waals surface area (Å²) in [6.45, 7) is 1.73. The lowest BCUT2D eigenvalue weighted by Crippen LogP contribution is -2.48. The van der Waals surface area contributed by atoms with Gasteiger partial charge in [-0.3, -0.25) is 9.20 Å². The molecule has 0 bridgehead atoms. The zero-order valence-corrected chi connectivity index (χ0v) is 10.4. The number of amides is 1. The molecular formula is C12H14N6O. The summed E-state index contributed by atoms with van der Waals surface area (Å²) in [6, 6.07) is 0. The fourth-order valence-corrected chi connectivity index (χ4v) is 2.49. The van der Waals surface area contributed by atoms with Crippen LogP contribution in [0.3, 0.4) is 0 Å². The highest BCUT2D eigenvalue weighted by Gasteiger charge is 2.30. The first-order valence-electron chi connectivity index (χ1n) is 6.54. The van der Waals surface area contributed by atoms with Crippen molar-refractivity contribution in [2.24, 2.45) is 0 Å². The topological polar surface area (TPSA) is 75.4 Å². The van der Waals surface area contributed by atoms with Crippen molar-refractivity contribution < 1.29 is 4.79 Å². The fraction of sp³-hybridized carbons (Fsp3) is 0.500. The van der Waals surface area contributed by atoms with Gasteiger partial charge in [0.2, 0.25) is 11.6 Å². The van der Waals surface area contributed by atoms with Gasteiger partial charge in [-0.05, 0) is 12.8 Å². The molecule has 0 unspecified atom stereocenters. The van der Waals surface area contributed by atoms with Gasteiger partial charge in [0.1, 0.15) is 5.82 Å². The zero-order valence-electron chi connectivity index (χ0n) is 10.4. The summed E-state index contributed by atoms with van der Waals surface area (Å²) in [6.07, 6.45) is 6.02. The van der Waals surface area contributed by atoms with Gasteiger partial charge in [0.05, 0.1) is 6.54 Å². The molecule has 1 aliphatic heterocycles. The van der Waals surface area contributed by atoms with Gasteiger partial charge in [-0.2, -0.15) is 0 Å². The minimum atomic E-state index is 0.0250. The normalized spacial score (nSPS) is 19.8. The molecule has 19 heavy (non-hydrogen) atoms. The minimum Gasteiger partial charge on any atom is -0.353 e. The Labute approximate surface area is 109 Å². The molecule has 0 atom stereocenters. The van der Waals surface area contributed by atoms with Crippen LogP contribution in [0.4, 0.5) is 5.82 Å². The SMILES string of the molecule is O=C1CN(c2nccn3c(C4CC4)nnc23)CCN1. The molecule has 3 heterocycles. The summed E-state index contributed by atoms with van der Waals surface area (Å²) in [5.41, 5.74) is 0.749. The molecule has 0 aromatic carbocycles. The number of nitrogens with zero attached hydrogens (tertiary/aromatic N) is 5. The van der Waals surface area contributed by atoms with Crippen LogP contribution in [0, 0.1) is 0 Å². The van der Waals surface area contributed by atoms with E-state index in [1.807, 2.05) is 15.5 Å². The van der Waals surface area contributed by atoms with Gasteiger partial charge in [-0.15, -0.1) is 10.2 Å². The summed E-state index contributed by atoms with van der Waals surface area (Å²) in [4.78, 5) is 17.8. The van der Waals surface area contributed by atoms with Crippen molar-refractivity contribution in [3.63, 3.8) is 0 Å². The monoisotopic (exact) mass is 258 g/mol. The van der Waals surface area contributed by atoms with Gasteiger partial charge >= 0.3 is 0 Å². The first-order chi connectivity index (χ1) is 9.33. The highest BCUT2D eigenvalue weighted by molar-refractivity contribution is 5.83. The Bertz CT molecular complexity index is 647. The van der Waals surface area contributed by atoms with E-state index in [0.717, 1.165) is 23.8 Å². The van der Waals surface area contributed by atoms with E-state index >= 15 is 0 Å². The van der Waals surface area contributed by atoms with Crippen LogP contribution in [0.5, 0.6) is 0 Å². The summed E-state index contributed by atoms with van der Waals surface area (Å²) < 4.78 is 2.01. The Morgan fingerprint density at radius 2 is 2.21 bits per heavy atom. The highest BCUT2D eigenvalue weighted by atomic mass is 16.2. The van der Waals surface area contributed by atoms with Gasteiger partial charge in [0.15, 0.2) is 5.82 Å². The molecule has 2 aromatic heterocycles. The maximum atomic E-state index is 11.5. The molecular weight excluding hydrogens is 244 g/mol. The fourth-order valence-electron chi connectivity index (χ4n) is 2.49. The standard InChI is InChI=1S/C12H14N6O/c19-9-7-17(5-3-13-9)11-12-16-15-10(8-1-2-8)18(12)6-4-14-11/h4,6,8H,1-3,5,7H2,(H,13,19). The van der Waals surface area contributed by atoms with E-state index in [4.69, 9.17) is 0 Å². The van der Waals surface area contributed by atoms with E-state index in [-0.39, 0.29) is 5.91 Å². The Morgan fingerprint density at radius 3 is 3.00 bits per heavy atom. The minimum absolute atomic E-state index is 0.0250. The highest BCUT2D eigenvalue weighted by Crippen LogP contribution is 2.39. The number of rotatable bonds is 2. The quantitative estimate of drug-likeness (QED) is 0.816. The molecule has 4 rings (SSSR count). The largest absolute Gasteiger partial charge is 0.353 e. The molecule has 0 spiro atoms. The number of carbonyl (C=O) groups excluding carboxylic acids is 1. The van der Waals surface area contributed by atoms with Gasteiger partial charge in [0.25, 0.3) is 0 Å². The average Bonchev–Trinajstić information content (AvgIpc) is 3.18. The lowest BCUT2D eigenvalue weighted by atomic mass is 10.3. The maximum Gasteiger partial charge on any atom is 0.239 e. The Morgan fingerprint density at radius 1 is 1.32 bits per heavy atom. The first kappa shape index (κ1) is 10.7. The molecule has 2 fully saturated rings. The van der Waals surface area contributed by atoms with Crippen LogP contribution >= 0.6 is 0 Å². The van der Waals surface area contributed by atoms with Crippen molar-refractivity contribution in [2.75, 3.05) is 24.5 Å². The molecule has 0 radical (unpaired) electrons. The molecule has 7 nitrogen and oxygen atoms in total. The van der Waals surface area contributed by atoms with Gasteiger partial charge in [-0.1, -0.05) is 0 Å². The van der Waals surface area contributed by atoms with E-state index in [1.165, 1.54) is 12.8 Å². The molecule has 98 valence electrons. The van der Waals surface area contributed by atoms with Crippen LogP contribution in [-0.2, 0) is 4.79 Å². The summed E-state index contributed by atoms with van der Waals surface area (Å²) >= 11 is 0. The second-order valence-electron chi connectivity index (χ2n) is 5.05. The predicted octanol–water partition coefficient (Wildman–Crippen LogP) is -0.0621. The summed E-state index contributed by atoms with van der Waals surface area (Å²) in [5, 5.41) is 11.3. The number of aromatic nitrogens is 4. The van der Waals surface area contributed by atoms with Crippen molar-refractivity contribution in [2.45, 2.75) is 18.8 Å². The van der Waals surface area contributed by atoms with E-state index in [1.54, 1.807) is 6.20 Å². The van der Waals surface area contributed by atoms with Crippen molar-refractivity contribution >= 4 is 17.4 Å². The maximum absolute atomic E-state index is 11.5. The van der Waals surface area contributed by atoms with E-state index in [0.29, 0.717) is 19.0 Å². The Balaban J connectivity index is 1.79. The lowest BCUT2D eigenvalue weighted by molar-refractivity contribution is -0.120. The summed E-state index contributed by atoms with van der Waals surface area (Å²) in [5.74, 6) is 2.32. The molecule has 7 heteroatoms. The van der Waals surface area contributed by atoms with Crippen LogP contribution in [-0.4, -0.2) is 45.1 Å². The Hall–Kier alpha value is -2.18. The Kier molecular flexibility index (Phi) is 2.20. The third-order valence-electron chi connectivity index (χ3n) is 3.62. The van der Waals surface area contributed by atoms with Crippen molar-refractivity contribution in [3.05, 3.63) is 18.2 Å². The molecule has 1 amide bonds. The zero-order chi connectivity index (χ0) is 12.8. The molecule has 1 aliphatic carbocycles. The predicted molar refractivity (Wildman–Crippen MR) is 68.0 cm³/mol. The third-order valence-corrected chi connectivity index (χ3v) is 3.62. The summed E-state index contributed by atoms with van der Waals surface area (Å²) in [7, 11) is 0. The first-order valence-corrected chi connectivity index (χ1v) is 6.54. The van der Waals surface area contributed by atoms with Crippen LogP contribution in [0.2, 0.25) is 0 Å². The lowest BCUT2D eigenvalue weighted by Gasteiger charge is -2.27. The second kappa shape index (κ2) is 3.91. The van der Waals surface area contributed by atoms with E-state index in [9.17, 15) is 4.79 Å². The molecule has 2 aromatic rings. The van der Waals surface area contributed by atoms with Crippen LogP contribution < -0.4 is 10.2 Å². The number of nitrogens with one attached hydrogen (secondary N) is 1. The molecule has 1 N–H and O–H groups in total. The number of hydrogen-bond acceptors (Lipinski definition) is 5. The number of piperazine rings is 1. The second-order valence-corrected chi connectivity index (χ2v) is 5.05. The van der Waals surface area contributed by atoms with Crippen LogP contribution in [0.25, 0.3) is 5.65 Å². The van der Waals surface area contributed by atoms with E-state index in [2.05, 4.69) is 20.5 Å². The average molecular weight is 258 g/mol. The number of fused-ring (bicyclic) bond motifs is 1. The smallest absolute Gasteiger partial charge is 0.239 e. The molecule has 2 aliphatic rings. The molecule has 1 saturated heterocycles.